The van der Waals surface area contributed by atoms with Crippen molar-refractivity contribution in [2.75, 3.05) is 5.32 Å². The monoisotopic (exact) mass is 365 g/mol. The highest BCUT2D eigenvalue weighted by Gasteiger charge is 2.05. The Bertz CT molecular complexity index is 915. The van der Waals surface area contributed by atoms with Gasteiger partial charge in [-0.25, -0.2) is 4.98 Å². The zero-order valence-electron chi connectivity index (χ0n) is 13.8. The number of aromatic amines is 1. The molecule has 1 aromatic heterocycles. The van der Waals surface area contributed by atoms with Gasteiger partial charge >= 0.3 is 0 Å². The van der Waals surface area contributed by atoms with E-state index >= 15 is 0 Å². The Morgan fingerprint density at radius 2 is 1.81 bits per heavy atom. The van der Waals surface area contributed by atoms with Gasteiger partial charge in [-0.3, -0.25) is 9.59 Å². The van der Waals surface area contributed by atoms with Crippen LogP contribution in [0, 0.1) is 0 Å². The van der Waals surface area contributed by atoms with Gasteiger partial charge in [0.05, 0.1) is 6.42 Å². The van der Waals surface area contributed by atoms with E-state index in [0.29, 0.717) is 16.5 Å². The number of aromatic nitrogens is 2. The molecule has 3 aromatic rings. The van der Waals surface area contributed by atoms with Gasteiger partial charge in [-0.1, -0.05) is 41.9 Å². The number of hydrogen-bond donors (Lipinski definition) is 2. The van der Waals surface area contributed by atoms with Gasteiger partial charge in [0.15, 0.2) is 5.82 Å². The van der Waals surface area contributed by atoms with Gasteiger partial charge in [0, 0.05) is 23.1 Å². The number of anilines is 1. The molecule has 0 fully saturated rings. The van der Waals surface area contributed by atoms with Gasteiger partial charge in [0.2, 0.25) is 11.7 Å². The normalized spacial score (nSPS) is 10.8. The summed E-state index contributed by atoms with van der Waals surface area (Å²) < 4.78 is 0. The highest BCUT2D eigenvalue weighted by molar-refractivity contribution is 6.30. The quantitative estimate of drug-likeness (QED) is 0.509. The SMILES string of the molecule is O=C(Cc1ccc(/C=C/C(=O)c2ncc[nH]2)cc1)Nc1ccc(Cl)cc1. The van der Waals surface area contributed by atoms with Crippen LogP contribution < -0.4 is 5.32 Å². The molecule has 130 valence electrons. The average Bonchev–Trinajstić information content (AvgIpc) is 3.17. The van der Waals surface area contributed by atoms with Crippen molar-refractivity contribution in [2.24, 2.45) is 0 Å². The lowest BCUT2D eigenvalue weighted by atomic mass is 10.1. The number of allylic oxidation sites excluding steroid dienone is 1. The summed E-state index contributed by atoms with van der Waals surface area (Å²) in [5.74, 6) is 0.00164. The third-order valence-corrected chi connectivity index (χ3v) is 3.88. The maximum atomic E-state index is 12.1. The number of ketones is 1. The maximum Gasteiger partial charge on any atom is 0.228 e. The van der Waals surface area contributed by atoms with E-state index in [9.17, 15) is 9.59 Å². The van der Waals surface area contributed by atoms with Crippen LogP contribution in [0.3, 0.4) is 0 Å². The van der Waals surface area contributed by atoms with Crippen LogP contribution in [0.25, 0.3) is 6.08 Å². The number of carbonyl (C=O) groups is 2. The molecule has 0 aliphatic heterocycles. The summed E-state index contributed by atoms with van der Waals surface area (Å²) in [6.45, 7) is 0. The Kier molecular flexibility index (Phi) is 5.61. The Labute approximate surface area is 155 Å². The molecule has 0 spiro atoms. The van der Waals surface area contributed by atoms with Crippen molar-refractivity contribution in [2.45, 2.75) is 6.42 Å². The first-order valence-electron chi connectivity index (χ1n) is 7.96. The summed E-state index contributed by atoms with van der Waals surface area (Å²) in [7, 11) is 0. The fourth-order valence-corrected chi connectivity index (χ4v) is 2.45. The second-order valence-electron chi connectivity index (χ2n) is 5.61. The van der Waals surface area contributed by atoms with Crippen molar-refractivity contribution in [1.82, 2.24) is 9.97 Å². The van der Waals surface area contributed by atoms with Crippen LogP contribution >= 0.6 is 11.6 Å². The average molecular weight is 366 g/mol. The van der Waals surface area contributed by atoms with Crippen molar-refractivity contribution in [3.63, 3.8) is 0 Å². The van der Waals surface area contributed by atoms with E-state index in [1.807, 2.05) is 24.3 Å². The Hall–Kier alpha value is -3.18. The molecule has 0 saturated heterocycles. The fraction of sp³-hybridized carbons (Fsp3) is 0.0500. The first-order valence-corrected chi connectivity index (χ1v) is 8.34. The number of hydrogen-bond acceptors (Lipinski definition) is 3. The number of benzene rings is 2. The number of rotatable bonds is 6. The van der Waals surface area contributed by atoms with E-state index in [1.54, 1.807) is 36.5 Å². The molecule has 5 nitrogen and oxygen atoms in total. The van der Waals surface area contributed by atoms with Crippen LogP contribution in [0.2, 0.25) is 5.02 Å². The topological polar surface area (TPSA) is 74.8 Å². The smallest absolute Gasteiger partial charge is 0.228 e. The lowest BCUT2D eigenvalue weighted by Gasteiger charge is -2.06. The first-order chi connectivity index (χ1) is 12.6. The van der Waals surface area contributed by atoms with Crippen LogP contribution in [0.15, 0.2) is 67.0 Å². The van der Waals surface area contributed by atoms with Gasteiger partial charge in [-0.15, -0.1) is 0 Å². The maximum absolute atomic E-state index is 12.1. The highest BCUT2D eigenvalue weighted by Crippen LogP contribution is 2.14. The summed E-state index contributed by atoms with van der Waals surface area (Å²) in [6.07, 6.45) is 6.57. The second-order valence-corrected chi connectivity index (χ2v) is 6.05. The molecular weight excluding hydrogens is 350 g/mol. The Morgan fingerprint density at radius 1 is 1.08 bits per heavy atom. The van der Waals surface area contributed by atoms with Crippen LogP contribution in [0.5, 0.6) is 0 Å². The van der Waals surface area contributed by atoms with E-state index in [0.717, 1.165) is 11.1 Å². The van der Waals surface area contributed by atoms with Crippen molar-refractivity contribution >= 4 is 35.1 Å². The minimum absolute atomic E-state index is 0.108. The molecule has 0 saturated carbocycles. The third kappa shape index (κ3) is 4.91. The number of nitrogens with one attached hydrogen (secondary N) is 2. The van der Waals surface area contributed by atoms with Crippen LogP contribution in [-0.4, -0.2) is 21.7 Å². The molecule has 6 heteroatoms. The molecular formula is C20H16ClN3O2. The molecule has 1 amide bonds. The van der Waals surface area contributed by atoms with E-state index in [2.05, 4.69) is 15.3 Å². The Balaban J connectivity index is 1.56. The molecule has 2 aromatic carbocycles. The van der Waals surface area contributed by atoms with E-state index in [1.165, 1.54) is 12.3 Å². The lowest BCUT2D eigenvalue weighted by molar-refractivity contribution is -0.115. The minimum Gasteiger partial charge on any atom is -0.342 e. The first kappa shape index (κ1) is 17.6. The van der Waals surface area contributed by atoms with Crippen molar-refractivity contribution in [3.05, 3.63) is 89.0 Å². The highest BCUT2D eigenvalue weighted by atomic mass is 35.5. The number of H-pyrrole nitrogens is 1. The predicted octanol–water partition coefficient (Wildman–Crippen LogP) is 4.14. The van der Waals surface area contributed by atoms with Gasteiger partial charge in [-0.05, 0) is 41.5 Å². The van der Waals surface area contributed by atoms with Crippen molar-refractivity contribution in [3.8, 4) is 0 Å². The van der Waals surface area contributed by atoms with Crippen LogP contribution in [0.1, 0.15) is 21.7 Å². The molecule has 0 radical (unpaired) electrons. The van der Waals surface area contributed by atoms with Crippen LogP contribution in [-0.2, 0) is 11.2 Å². The number of nitrogens with zero attached hydrogens (tertiary/aromatic N) is 1. The number of carbonyl (C=O) groups excluding carboxylic acids is 2. The summed E-state index contributed by atoms with van der Waals surface area (Å²) in [4.78, 5) is 30.6. The largest absolute Gasteiger partial charge is 0.342 e. The molecule has 3 rings (SSSR count). The lowest BCUT2D eigenvalue weighted by Crippen LogP contribution is -2.14. The van der Waals surface area contributed by atoms with E-state index in [-0.39, 0.29) is 18.1 Å². The minimum atomic E-state index is -0.193. The fourth-order valence-electron chi connectivity index (χ4n) is 2.32. The van der Waals surface area contributed by atoms with Crippen molar-refractivity contribution in [1.29, 1.82) is 0 Å². The summed E-state index contributed by atoms with van der Waals surface area (Å²) in [6, 6.07) is 14.4. The molecule has 1 heterocycles. The molecule has 2 N–H and O–H groups in total. The second kappa shape index (κ2) is 8.27. The predicted molar refractivity (Wildman–Crippen MR) is 102 cm³/mol. The van der Waals surface area contributed by atoms with E-state index < -0.39 is 0 Å². The van der Waals surface area contributed by atoms with Crippen molar-refractivity contribution < 1.29 is 9.59 Å². The number of halogens is 1. The van der Waals surface area contributed by atoms with Gasteiger partial charge in [0.1, 0.15) is 0 Å². The zero-order valence-corrected chi connectivity index (χ0v) is 14.5. The van der Waals surface area contributed by atoms with Gasteiger partial charge in [-0.2, -0.15) is 0 Å². The zero-order chi connectivity index (χ0) is 18.4. The molecule has 0 aliphatic carbocycles. The van der Waals surface area contributed by atoms with E-state index in [4.69, 9.17) is 11.6 Å². The molecule has 0 unspecified atom stereocenters. The molecule has 0 bridgehead atoms. The number of amides is 1. The Morgan fingerprint density at radius 3 is 2.46 bits per heavy atom. The molecule has 0 atom stereocenters. The van der Waals surface area contributed by atoms with Crippen LogP contribution in [0.4, 0.5) is 5.69 Å². The summed E-state index contributed by atoms with van der Waals surface area (Å²) >= 11 is 5.82. The van der Waals surface area contributed by atoms with Gasteiger partial charge in [0.25, 0.3) is 0 Å². The van der Waals surface area contributed by atoms with Gasteiger partial charge < -0.3 is 10.3 Å². The number of imidazole rings is 1. The summed E-state index contributed by atoms with van der Waals surface area (Å²) in [5, 5.41) is 3.44. The standard InChI is InChI=1S/C20H16ClN3O2/c21-16-6-8-17(9-7-16)24-19(26)13-15-3-1-14(2-4-15)5-10-18(25)20-22-11-12-23-20/h1-12H,13H2,(H,22,23)(H,24,26)/b10-5+. The summed E-state index contributed by atoms with van der Waals surface area (Å²) in [5.41, 5.74) is 2.45. The molecule has 26 heavy (non-hydrogen) atoms. The third-order valence-electron chi connectivity index (χ3n) is 3.63. The molecule has 0 aliphatic rings.